The van der Waals surface area contributed by atoms with E-state index in [9.17, 15) is 14.4 Å². The zero-order valence-electron chi connectivity index (χ0n) is 14.2. The van der Waals surface area contributed by atoms with Crippen LogP contribution >= 0.6 is 0 Å². The van der Waals surface area contributed by atoms with E-state index < -0.39 is 5.92 Å². The molecular formula is C19H24O5. The van der Waals surface area contributed by atoms with Gasteiger partial charge in [0.2, 0.25) is 0 Å². The third-order valence-corrected chi connectivity index (χ3v) is 4.29. The second kappa shape index (κ2) is 8.62. The molecule has 5 nitrogen and oxygen atoms in total. The Morgan fingerprint density at radius 3 is 2.33 bits per heavy atom. The Kier molecular flexibility index (Phi) is 6.53. The Bertz CT molecular complexity index is 590. The van der Waals surface area contributed by atoms with Crippen LogP contribution in [0.2, 0.25) is 0 Å². The van der Waals surface area contributed by atoms with Crippen LogP contribution in [0.5, 0.6) is 0 Å². The molecule has 5 heteroatoms. The number of hydrogen-bond acceptors (Lipinski definition) is 5. The number of hydrogen-bond donors (Lipinski definition) is 0. The van der Waals surface area contributed by atoms with Crippen molar-refractivity contribution in [1.82, 2.24) is 0 Å². The van der Waals surface area contributed by atoms with Crippen LogP contribution in [0.1, 0.15) is 50.2 Å². The molecule has 0 saturated heterocycles. The van der Waals surface area contributed by atoms with Gasteiger partial charge in [-0.2, -0.15) is 0 Å². The molecule has 1 fully saturated rings. The lowest BCUT2D eigenvalue weighted by molar-refractivity contribution is -0.148. The molecule has 1 aromatic carbocycles. The van der Waals surface area contributed by atoms with E-state index in [2.05, 4.69) is 0 Å². The fourth-order valence-electron chi connectivity index (χ4n) is 3.18. The summed E-state index contributed by atoms with van der Waals surface area (Å²) in [7, 11) is 0. The number of rotatable bonds is 7. The van der Waals surface area contributed by atoms with Gasteiger partial charge in [-0.1, -0.05) is 24.3 Å². The van der Waals surface area contributed by atoms with Crippen LogP contribution in [0, 0.1) is 5.92 Å². The van der Waals surface area contributed by atoms with Crippen LogP contribution < -0.4 is 0 Å². The molecule has 0 heterocycles. The highest BCUT2D eigenvalue weighted by molar-refractivity contribution is 5.91. The highest BCUT2D eigenvalue weighted by atomic mass is 16.5. The summed E-state index contributed by atoms with van der Waals surface area (Å²) in [4.78, 5) is 36.0. The first-order chi connectivity index (χ1) is 11.6. The first-order valence-corrected chi connectivity index (χ1v) is 8.50. The lowest BCUT2D eigenvalue weighted by Gasteiger charge is -2.21. The van der Waals surface area contributed by atoms with Gasteiger partial charge in [0.25, 0.3) is 0 Å². The van der Waals surface area contributed by atoms with E-state index in [1.807, 2.05) is 12.1 Å². The summed E-state index contributed by atoms with van der Waals surface area (Å²) in [6.07, 6.45) is 2.26. The van der Waals surface area contributed by atoms with Crippen LogP contribution in [-0.2, 0) is 30.3 Å². The Morgan fingerprint density at radius 2 is 1.79 bits per heavy atom. The summed E-state index contributed by atoms with van der Waals surface area (Å²) in [6, 6.07) is 7.22. The van der Waals surface area contributed by atoms with Gasteiger partial charge in [0, 0.05) is 12.3 Å². The number of carbonyl (C=O) groups is 3. The molecule has 1 aromatic rings. The van der Waals surface area contributed by atoms with Gasteiger partial charge < -0.3 is 9.47 Å². The smallest absolute Gasteiger partial charge is 0.314 e. The van der Waals surface area contributed by atoms with Gasteiger partial charge in [-0.05, 0) is 37.8 Å². The van der Waals surface area contributed by atoms with Crippen LogP contribution in [0.25, 0.3) is 0 Å². The van der Waals surface area contributed by atoms with E-state index in [-0.39, 0.29) is 36.7 Å². The van der Waals surface area contributed by atoms with Gasteiger partial charge in [0.15, 0.2) is 0 Å². The summed E-state index contributed by atoms with van der Waals surface area (Å²) in [5.74, 6) is -1.37. The van der Waals surface area contributed by atoms with Gasteiger partial charge in [0.1, 0.15) is 5.78 Å². The molecule has 2 atom stereocenters. The molecule has 1 aliphatic carbocycles. The van der Waals surface area contributed by atoms with Crippen molar-refractivity contribution in [2.45, 2.75) is 45.4 Å². The number of Topliss-reactive ketones (excluding diaryl/α,β-unsaturated/α-hetero) is 1. The van der Waals surface area contributed by atoms with Gasteiger partial charge in [-0.25, -0.2) is 0 Å². The summed E-state index contributed by atoms with van der Waals surface area (Å²) in [5.41, 5.74) is 1.58. The SMILES string of the molecule is CCOC(=O)Cc1ccc(C(C(=O)OCC)C2CCCC2=O)cc1. The van der Waals surface area contributed by atoms with E-state index >= 15 is 0 Å². The van der Waals surface area contributed by atoms with Crippen molar-refractivity contribution < 1.29 is 23.9 Å². The van der Waals surface area contributed by atoms with E-state index in [0.717, 1.165) is 17.5 Å². The zero-order valence-corrected chi connectivity index (χ0v) is 14.2. The second-order valence-electron chi connectivity index (χ2n) is 5.92. The maximum Gasteiger partial charge on any atom is 0.314 e. The molecule has 1 saturated carbocycles. The van der Waals surface area contributed by atoms with E-state index in [1.54, 1.807) is 26.0 Å². The number of carbonyl (C=O) groups excluding carboxylic acids is 3. The minimum atomic E-state index is -0.559. The quantitative estimate of drug-likeness (QED) is 0.718. The Balaban J connectivity index is 2.18. The Hall–Kier alpha value is -2.17. The summed E-state index contributed by atoms with van der Waals surface area (Å²) in [6.45, 7) is 4.17. The van der Waals surface area contributed by atoms with Gasteiger partial charge in [-0.15, -0.1) is 0 Å². The lowest BCUT2D eigenvalue weighted by Crippen LogP contribution is -2.26. The Labute approximate surface area is 142 Å². The third-order valence-electron chi connectivity index (χ3n) is 4.29. The average molecular weight is 332 g/mol. The predicted octanol–water partition coefficient (Wildman–Crippen LogP) is 2.81. The molecular weight excluding hydrogens is 308 g/mol. The summed E-state index contributed by atoms with van der Waals surface area (Å²) < 4.78 is 10.1. The van der Waals surface area contributed by atoms with E-state index in [1.165, 1.54) is 0 Å². The lowest BCUT2D eigenvalue weighted by atomic mass is 9.84. The maximum atomic E-state index is 12.4. The third kappa shape index (κ3) is 4.43. The van der Waals surface area contributed by atoms with E-state index in [4.69, 9.17) is 9.47 Å². The highest BCUT2D eigenvalue weighted by Gasteiger charge is 2.38. The first-order valence-electron chi connectivity index (χ1n) is 8.50. The number of ether oxygens (including phenoxy) is 2. The molecule has 2 rings (SSSR count). The van der Waals surface area contributed by atoms with Crippen molar-refractivity contribution in [3.63, 3.8) is 0 Å². The van der Waals surface area contributed by atoms with E-state index in [0.29, 0.717) is 19.4 Å². The molecule has 0 radical (unpaired) electrons. The van der Waals surface area contributed by atoms with Crippen LogP contribution in [0.4, 0.5) is 0 Å². The molecule has 2 unspecified atom stereocenters. The van der Waals surface area contributed by atoms with Crippen LogP contribution in [0.15, 0.2) is 24.3 Å². The standard InChI is InChI=1S/C19H24O5/c1-3-23-17(21)12-13-8-10-14(11-9-13)18(19(22)24-4-2)15-6-5-7-16(15)20/h8-11,15,18H,3-7,12H2,1-2H3. The zero-order chi connectivity index (χ0) is 17.5. The molecule has 0 N–H and O–H groups in total. The van der Waals surface area contributed by atoms with Gasteiger partial charge in [0.05, 0.1) is 25.6 Å². The summed E-state index contributed by atoms with van der Waals surface area (Å²) in [5, 5.41) is 0. The number of benzene rings is 1. The second-order valence-corrected chi connectivity index (χ2v) is 5.92. The van der Waals surface area contributed by atoms with Crippen molar-refractivity contribution in [3.8, 4) is 0 Å². The highest BCUT2D eigenvalue weighted by Crippen LogP contribution is 2.36. The summed E-state index contributed by atoms with van der Waals surface area (Å²) >= 11 is 0. The monoisotopic (exact) mass is 332 g/mol. The van der Waals surface area contributed by atoms with Crippen LogP contribution in [0.3, 0.4) is 0 Å². The number of esters is 2. The maximum absolute atomic E-state index is 12.4. The number of ketones is 1. The van der Waals surface area contributed by atoms with Crippen molar-refractivity contribution in [3.05, 3.63) is 35.4 Å². The average Bonchev–Trinajstić information content (AvgIpc) is 2.96. The minimum Gasteiger partial charge on any atom is -0.466 e. The largest absolute Gasteiger partial charge is 0.466 e. The first kappa shape index (κ1) is 18.2. The normalized spacial score (nSPS) is 18.2. The molecule has 24 heavy (non-hydrogen) atoms. The van der Waals surface area contributed by atoms with Gasteiger partial charge in [-0.3, -0.25) is 14.4 Å². The van der Waals surface area contributed by atoms with Crippen molar-refractivity contribution >= 4 is 17.7 Å². The Morgan fingerprint density at radius 1 is 1.12 bits per heavy atom. The topological polar surface area (TPSA) is 69.7 Å². The van der Waals surface area contributed by atoms with Crippen molar-refractivity contribution in [1.29, 1.82) is 0 Å². The molecule has 1 aliphatic rings. The molecule has 0 aromatic heterocycles. The fraction of sp³-hybridized carbons (Fsp3) is 0.526. The fourth-order valence-corrected chi connectivity index (χ4v) is 3.18. The molecule has 0 bridgehead atoms. The minimum absolute atomic E-state index is 0.128. The molecule has 0 spiro atoms. The molecule has 0 aliphatic heterocycles. The van der Waals surface area contributed by atoms with Crippen molar-refractivity contribution in [2.75, 3.05) is 13.2 Å². The predicted molar refractivity (Wildman–Crippen MR) is 88.5 cm³/mol. The van der Waals surface area contributed by atoms with Crippen LogP contribution in [-0.4, -0.2) is 30.9 Å². The molecule has 0 amide bonds. The van der Waals surface area contributed by atoms with Gasteiger partial charge >= 0.3 is 11.9 Å². The van der Waals surface area contributed by atoms with Crippen molar-refractivity contribution in [2.24, 2.45) is 5.92 Å². The molecule has 130 valence electrons.